The number of hydrogen-bond acceptors (Lipinski definition) is 5. The van der Waals surface area contributed by atoms with Crippen molar-refractivity contribution in [2.24, 2.45) is 0 Å². The number of carbonyl (C=O) groups excluding carboxylic acids is 1. The van der Waals surface area contributed by atoms with Crippen molar-refractivity contribution in [2.75, 3.05) is 27.8 Å². The Bertz CT molecular complexity index is 1010. The van der Waals surface area contributed by atoms with Crippen LogP contribution in [0.2, 0.25) is 0 Å². The third kappa shape index (κ3) is 5.63. The average molecular weight is 446 g/mol. The fraction of sp³-hybridized carbons (Fsp3) is 0.316. The Balaban J connectivity index is 2.05. The lowest BCUT2D eigenvalue weighted by atomic mass is 10.1. The van der Waals surface area contributed by atoms with Gasteiger partial charge < -0.3 is 14.8 Å². The third-order valence-electron chi connectivity index (χ3n) is 4.17. The van der Waals surface area contributed by atoms with E-state index < -0.39 is 34.2 Å². The van der Waals surface area contributed by atoms with Crippen molar-refractivity contribution in [3.8, 4) is 11.5 Å². The van der Waals surface area contributed by atoms with Crippen molar-refractivity contribution >= 4 is 15.9 Å². The summed E-state index contributed by atoms with van der Waals surface area (Å²) in [5.74, 6) is -0.113. The van der Waals surface area contributed by atoms with Gasteiger partial charge in [0.1, 0.15) is 0 Å². The molecule has 0 unspecified atom stereocenters. The zero-order valence-corrected chi connectivity index (χ0v) is 17.3. The number of methoxy groups -OCH3 is 2. The molecule has 2 aromatic carbocycles. The molecular weight excluding hydrogens is 425 g/mol. The highest BCUT2D eigenvalue weighted by atomic mass is 32.2. The molecule has 0 saturated heterocycles. The Morgan fingerprint density at radius 3 is 2.33 bits per heavy atom. The quantitative estimate of drug-likeness (QED) is 0.674. The molecule has 2 aromatic rings. The molecule has 0 aliphatic rings. The summed E-state index contributed by atoms with van der Waals surface area (Å²) in [6.07, 6.45) is -4.49. The van der Waals surface area contributed by atoms with E-state index in [9.17, 15) is 26.4 Å². The van der Waals surface area contributed by atoms with Gasteiger partial charge in [-0.15, -0.1) is 0 Å². The van der Waals surface area contributed by atoms with Gasteiger partial charge in [-0.3, -0.25) is 4.79 Å². The van der Waals surface area contributed by atoms with E-state index in [1.165, 1.54) is 51.6 Å². The first kappa shape index (κ1) is 23.5. The van der Waals surface area contributed by atoms with Crippen LogP contribution < -0.4 is 14.8 Å². The predicted octanol–water partition coefficient (Wildman–Crippen LogP) is 2.66. The highest BCUT2D eigenvalue weighted by Gasteiger charge is 2.30. The number of alkyl halides is 3. The van der Waals surface area contributed by atoms with Crippen LogP contribution in [0.5, 0.6) is 11.5 Å². The lowest BCUT2D eigenvalue weighted by molar-refractivity contribution is -0.137. The van der Waals surface area contributed by atoms with E-state index in [0.29, 0.717) is 5.75 Å². The summed E-state index contributed by atoms with van der Waals surface area (Å²) in [7, 11) is -0.0244. The lowest BCUT2D eigenvalue weighted by Gasteiger charge is -2.18. The fourth-order valence-electron chi connectivity index (χ4n) is 2.56. The molecule has 30 heavy (non-hydrogen) atoms. The van der Waals surface area contributed by atoms with Crippen molar-refractivity contribution in [3.05, 3.63) is 53.6 Å². The summed E-state index contributed by atoms with van der Waals surface area (Å²) in [5, 5.41) is 2.42. The molecule has 0 spiro atoms. The highest BCUT2D eigenvalue weighted by molar-refractivity contribution is 7.89. The number of carbonyl (C=O) groups is 1. The molecule has 0 bridgehead atoms. The molecule has 164 valence electrons. The van der Waals surface area contributed by atoms with Crippen LogP contribution in [0.15, 0.2) is 47.4 Å². The SMILES string of the molecule is COc1ccc(S(=O)(=O)N(C)CC(=O)NCc2cccc(C(F)(F)F)c2)cc1OC. The number of rotatable bonds is 8. The maximum Gasteiger partial charge on any atom is 0.416 e. The Kier molecular flexibility index (Phi) is 7.32. The summed E-state index contributed by atoms with van der Waals surface area (Å²) in [4.78, 5) is 12.0. The number of hydrogen-bond donors (Lipinski definition) is 1. The summed E-state index contributed by atoms with van der Waals surface area (Å²) >= 11 is 0. The van der Waals surface area contributed by atoms with Gasteiger partial charge in [-0.05, 0) is 29.8 Å². The number of nitrogens with one attached hydrogen (secondary N) is 1. The number of sulfonamides is 1. The summed E-state index contributed by atoms with van der Waals surface area (Å²) in [6.45, 7) is -0.692. The van der Waals surface area contributed by atoms with Crippen LogP contribution in [0.25, 0.3) is 0 Å². The first-order valence-corrected chi connectivity index (χ1v) is 10.0. The molecule has 1 N–H and O–H groups in total. The van der Waals surface area contributed by atoms with Crippen molar-refractivity contribution in [1.82, 2.24) is 9.62 Å². The van der Waals surface area contributed by atoms with Crippen molar-refractivity contribution < 1.29 is 35.9 Å². The van der Waals surface area contributed by atoms with Crippen LogP contribution in [0.1, 0.15) is 11.1 Å². The van der Waals surface area contributed by atoms with Gasteiger partial charge in [0.25, 0.3) is 0 Å². The third-order valence-corrected chi connectivity index (χ3v) is 5.97. The van der Waals surface area contributed by atoms with Crippen LogP contribution in [0.4, 0.5) is 13.2 Å². The van der Waals surface area contributed by atoms with Crippen LogP contribution in [0, 0.1) is 0 Å². The Labute approximate surface area is 172 Å². The molecule has 1 amide bonds. The number of halogens is 3. The molecule has 0 aromatic heterocycles. The van der Waals surface area contributed by atoms with E-state index in [2.05, 4.69) is 5.32 Å². The summed E-state index contributed by atoms with van der Waals surface area (Å²) < 4.78 is 74.6. The molecule has 0 heterocycles. The zero-order chi connectivity index (χ0) is 22.5. The maximum atomic E-state index is 12.8. The standard InChI is InChI=1S/C19H21F3N2O5S/c1-24(30(26,27)15-7-8-16(28-2)17(10-15)29-3)12-18(25)23-11-13-5-4-6-14(9-13)19(20,21)22/h4-10H,11-12H2,1-3H3,(H,23,25). The van der Waals surface area contributed by atoms with Gasteiger partial charge in [0.05, 0.1) is 31.2 Å². The van der Waals surface area contributed by atoms with Crippen LogP contribution in [0.3, 0.4) is 0 Å². The zero-order valence-electron chi connectivity index (χ0n) is 16.5. The van der Waals surface area contributed by atoms with E-state index in [1.54, 1.807) is 0 Å². The Morgan fingerprint density at radius 2 is 1.73 bits per heavy atom. The van der Waals surface area contributed by atoms with Gasteiger partial charge in [-0.25, -0.2) is 8.42 Å². The van der Waals surface area contributed by atoms with Gasteiger partial charge in [0, 0.05) is 19.7 Å². The molecule has 0 atom stereocenters. The van der Waals surface area contributed by atoms with Gasteiger partial charge in [-0.1, -0.05) is 12.1 Å². The maximum absolute atomic E-state index is 12.8. The Morgan fingerprint density at radius 1 is 1.07 bits per heavy atom. The topological polar surface area (TPSA) is 84.9 Å². The second kappa shape index (κ2) is 9.35. The lowest BCUT2D eigenvalue weighted by Crippen LogP contribution is -2.38. The largest absolute Gasteiger partial charge is 0.493 e. The smallest absolute Gasteiger partial charge is 0.416 e. The molecule has 2 rings (SSSR count). The molecule has 11 heteroatoms. The minimum absolute atomic E-state index is 0.103. The van der Waals surface area contributed by atoms with Crippen molar-refractivity contribution in [1.29, 1.82) is 0 Å². The van der Waals surface area contributed by atoms with Crippen molar-refractivity contribution in [2.45, 2.75) is 17.6 Å². The van der Waals surface area contributed by atoms with Crippen LogP contribution >= 0.6 is 0 Å². The molecule has 0 aliphatic heterocycles. The number of likely N-dealkylation sites (N-methyl/N-ethyl adjacent to an activating group) is 1. The predicted molar refractivity (Wildman–Crippen MR) is 103 cm³/mol. The van der Waals surface area contributed by atoms with Gasteiger partial charge in [-0.2, -0.15) is 17.5 Å². The molecule has 0 fully saturated rings. The molecule has 0 saturated carbocycles. The second-order valence-corrected chi connectivity index (χ2v) is 8.30. The van der Waals surface area contributed by atoms with Gasteiger partial charge in [0.15, 0.2) is 11.5 Å². The second-order valence-electron chi connectivity index (χ2n) is 6.25. The van der Waals surface area contributed by atoms with E-state index in [4.69, 9.17) is 9.47 Å². The number of ether oxygens (including phenoxy) is 2. The van der Waals surface area contributed by atoms with Crippen molar-refractivity contribution in [3.63, 3.8) is 0 Å². The fourth-order valence-corrected chi connectivity index (χ4v) is 3.70. The summed E-state index contributed by atoms with van der Waals surface area (Å²) in [5.41, 5.74) is -0.592. The normalized spacial score (nSPS) is 12.0. The van der Waals surface area contributed by atoms with E-state index >= 15 is 0 Å². The number of amides is 1. The minimum atomic E-state index is -4.49. The monoisotopic (exact) mass is 446 g/mol. The number of benzene rings is 2. The van der Waals surface area contributed by atoms with Crippen LogP contribution in [-0.2, 0) is 27.5 Å². The van der Waals surface area contributed by atoms with E-state index in [0.717, 1.165) is 16.4 Å². The number of nitrogens with zero attached hydrogens (tertiary/aromatic N) is 1. The molecular formula is C19H21F3N2O5S. The van der Waals surface area contributed by atoms with E-state index in [1.807, 2.05) is 0 Å². The summed E-state index contributed by atoms with van der Waals surface area (Å²) in [6, 6.07) is 8.52. The molecule has 0 radical (unpaired) electrons. The van der Waals surface area contributed by atoms with Gasteiger partial charge in [0.2, 0.25) is 15.9 Å². The molecule has 7 nitrogen and oxygen atoms in total. The first-order chi connectivity index (χ1) is 14.0. The average Bonchev–Trinajstić information content (AvgIpc) is 2.71. The van der Waals surface area contributed by atoms with E-state index in [-0.39, 0.29) is 22.8 Å². The molecule has 0 aliphatic carbocycles. The minimum Gasteiger partial charge on any atom is -0.493 e. The van der Waals surface area contributed by atoms with Crippen LogP contribution in [-0.4, -0.2) is 46.4 Å². The Hall–Kier alpha value is -2.79. The first-order valence-electron chi connectivity index (χ1n) is 8.60. The highest BCUT2D eigenvalue weighted by Crippen LogP contribution is 2.31. The van der Waals surface area contributed by atoms with Gasteiger partial charge >= 0.3 is 6.18 Å².